The average Bonchev–Trinajstić information content (AvgIpc) is 2.93. The first-order valence-electron chi connectivity index (χ1n) is 14.4. The van der Waals surface area contributed by atoms with Crippen molar-refractivity contribution in [1.29, 1.82) is 0 Å². The van der Waals surface area contributed by atoms with Crippen LogP contribution >= 0.6 is 0 Å². The van der Waals surface area contributed by atoms with Crippen LogP contribution in [0.1, 0.15) is 50.5 Å². The highest BCUT2D eigenvalue weighted by Gasteiger charge is 2.44. The topological polar surface area (TPSA) is 122 Å². The number of amides is 1. The van der Waals surface area contributed by atoms with Gasteiger partial charge < -0.3 is 21.7 Å². The van der Waals surface area contributed by atoms with Crippen molar-refractivity contribution in [2.24, 2.45) is 23.3 Å². The van der Waals surface area contributed by atoms with Crippen LogP contribution in [0.15, 0.2) is 53.4 Å². The fourth-order valence-corrected chi connectivity index (χ4v) is 8.02. The number of carbonyl (C=O) groups excluding carboxylic acids is 1. The molecule has 2 saturated carbocycles. The Bertz CT molecular complexity index is 1240. The summed E-state index contributed by atoms with van der Waals surface area (Å²) in [5, 5.41) is 2.98. The first-order chi connectivity index (χ1) is 18.6. The average molecular weight is 554 g/mol. The maximum absolute atomic E-state index is 13.1. The van der Waals surface area contributed by atoms with Crippen molar-refractivity contribution in [3.63, 3.8) is 0 Å². The molecule has 3 aliphatic rings. The number of piperazine rings is 1. The highest BCUT2D eigenvalue weighted by atomic mass is 32.2. The Morgan fingerprint density at radius 3 is 2.18 bits per heavy atom. The number of likely N-dealkylation sites (N-methyl/N-ethyl adjacent to an activating group) is 1. The van der Waals surface area contributed by atoms with E-state index in [1.807, 2.05) is 43.4 Å². The molecule has 5 rings (SSSR count). The Balaban J connectivity index is 1.16. The Kier molecular flexibility index (Phi) is 8.45. The van der Waals surface area contributed by atoms with E-state index in [0.717, 1.165) is 55.0 Å². The first-order valence-corrected chi connectivity index (χ1v) is 15.8. The number of nitrogens with one attached hydrogen (secondary N) is 1. The predicted octanol–water partition coefficient (Wildman–Crippen LogP) is 2.92. The van der Waals surface area contributed by atoms with Crippen molar-refractivity contribution in [3.8, 4) is 11.1 Å². The molecule has 0 radical (unpaired) electrons. The van der Waals surface area contributed by atoms with Crippen LogP contribution in [0.4, 0.5) is 0 Å². The normalized spacial score (nSPS) is 27.5. The van der Waals surface area contributed by atoms with Crippen LogP contribution in [0, 0.1) is 11.8 Å². The van der Waals surface area contributed by atoms with Crippen LogP contribution < -0.4 is 16.8 Å². The van der Waals surface area contributed by atoms with Gasteiger partial charge in [-0.05, 0) is 67.0 Å². The van der Waals surface area contributed by atoms with Gasteiger partial charge in [-0.15, -0.1) is 0 Å². The minimum atomic E-state index is -3.48. The molecule has 39 heavy (non-hydrogen) atoms. The van der Waals surface area contributed by atoms with Crippen LogP contribution in [0.3, 0.4) is 0 Å². The number of hydrogen-bond acceptors (Lipinski definition) is 6. The van der Waals surface area contributed by atoms with E-state index >= 15 is 0 Å². The lowest BCUT2D eigenvalue weighted by Crippen LogP contribution is -2.61. The summed E-state index contributed by atoms with van der Waals surface area (Å²) in [6, 6.07) is 15.1. The number of fused-ring (bicyclic) bond motifs is 1. The molecule has 212 valence electrons. The van der Waals surface area contributed by atoms with E-state index in [9.17, 15) is 13.2 Å². The second-order valence-electron chi connectivity index (χ2n) is 11.9. The lowest BCUT2D eigenvalue weighted by molar-refractivity contribution is -0.129. The van der Waals surface area contributed by atoms with Crippen molar-refractivity contribution >= 4 is 15.9 Å². The highest BCUT2D eigenvalue weighted by Crippen LogP contribution is 2.43. The molecular formula is C30H43N5O3S. The number of benzene rings is 2. The third-order valence-corrected chi connectivity index (χ3v) is 11.0. The van der Waals surface area contributed by atoms with Gasteiger partial charge in [0.15, 0.2) is 0 Å². The van der Waals surface area contributed by atoms with E-state index in [4.69, 9.17) is 11.5 Å². The third kappa shape index (κ3) is 6.38. The molecule has 0 spiro atoms. The molecule has 1 amide bonds. The number of nitrogens with two attached hydrogens (primary N) is 2. The largest absolute Gasteiger partial charge is 0.339 e. The molecule has 8 nitrogen and oxygen atoms in total. The van der Waals surface area contributed by atoms with Gasteiger partial charge in [0.05, 0.1) is 16.6 Å². The summed E-state index contributed by atoms with van der Waals surface area (Å²) in [5.41, 5.74) is 15.1. The number of sulfonamides is 1. The molecule has 4 atom stereocenters. The summed E-state index contributed by atoms with van der Waals surface area (Å²) < 4.78 is 27.6. The Hall–Kier alpha value is -2.30. The van der Waals surface area contributed by atoms with Gasteiger partial charge in [0.1, 0.15) is 0 Å². The predicted molar refractivity (Wildman–Crippen MR) is 154 cm³/mol. The molecule has 3 unspecified atom stereocenters. The molecule has 1 heterocycles. The maximum Gasteiger partial charge on any atom is 0.243 e. The Morgan fingerprint density at radius 2 is 1.54 bits per heavy atom. The number of nitrogens with zero attached hydrogens (tertiary/aromatic N) is 2. The van der Waals surface area contributed by atoms with E-state index in [1.54, 1.807) is 16.4 Å². The van der Waals surface area contributed by atoms with E-state index in [0.29, 0.717) is 30.3 Å². The minimum absolute atomic E-state index is 0.123. The zero-order valence-corrected chi connectivity index (χ0v) is 23.8. The molecule has 2 aliphatic carbocycles. The number of carbonyl (C=O) groups is 1. The molecule has 9 heteroatoms. The molecule has 1 saturated heterocycles. The molecule has 0 aromatic heterocycles. The standard InChI is InChI=1S/C30H43N5O3S/c1-34-16-18-35(19-17-34)39(37,38)27-12-10-25(11-13-27)24-8-6-22(7-9-24)20-28(31)33-29(36)30(32)15-14-23-4-2-3-5-26(23)21-30/h6-13,23,26,28H,2-5,14-21,31-32H2,1H3,(H,33,36)/t23?,26?,28?,30-/m0/s1. The van der Waals surface area contributed by atoms with Crippen LogP contribution in [-0.4, -0.2) is 68.5 Å². The molecule has 0 bridgehead atoms. The van der Waals surface area contributed by atoms with Crippen molar-refractivity contribution in [3.05, 3.63) is 54.1 Å². The summed E-state index contributed by atoms with van der Waals surface area (Å²) in [7, 11) is -1.48. The van der Waals surface area contributed by atoms with Gasteiger partial charge in [0, 0.05) is 32.6 Å². The molecule has 2 aromatic rings. The lowest BCUT2D eigenvalue weighted by Gasteiger charge is -2.44. The smallest absolute Gasteiger partial charge is 0.243 e. The monoisotopic (exact) mass is 553 g/mol. The summed E-state index contributed by atoms with van der Waals surface area (Å²) in [6.07, 6.45) is 7.54. The van der Waals surface area contributed by atoms with Gasteiger partial charge in [0.25, 0.3) is 0 Å². The van der Waals surface area contributed by atoms with Crippen molar-refractivity contribution in [1.82, 2.24) is 14.5 Å². The SMILES string of the molecule is CN1CCN(S(=O)(=O)c2ccc(-c3ccc(CC(N)NC(=O)[C@]4(N)CCC5CCCCC5C4)cc3)cc2)CC1. The van der Waals surface area contributed by atoms with Crippen LogP contribution in [0.2, 0.25) is 0 Å². The van der Waals surface area contributed by atoms with Gasteiger partial charge in [-0.1, -0.05) is 62.1 Å². The molecular weight excluding hydrogens is 510 g/mol. The fraction of sp³-hybridized carbons (Fsp3) is 0.567. The van der Waals surface area contributed by atoms with Crippen LogP contribution in [0.5, 0.6) is 0 Å². The van der Waals surface area contributed by atoms with Crippen molar-refractivity contribution in [2.75, 3.05) is 33.2 Å². The zero-order chi connectivity index (χ0) is 27.6. The molecule has 2 aromatic carbocycles. The third-order valence-electron chi connectivity index (χ3n) is 9.12. The van der Waals surface area contributed by atoms with Gasteiger partial charge in [-0.3, -0.25) is 4.79 Å². The van der Waals surface area contributed by atoms with Gasteiger partial charge >= 0.3 is 0 Å². The van der Waals surface area contributed by atoms with Gasteiger partial charge in [-0.25, -0.2) is 8.42 Å². The van der Waals surface area contributed by atoms with Crippen LogP contribution in [-0.2, 0) is 21.2 Å². The molecule has 3 fully saturated rings. The number of rotatable bonds is 7. The second kappa shape index (κ2) is 11.7. The summed E-state index contributed by atoms with van der Waals surface area (Å²) in [4.78, 5) is 15.5. The maximum atomic E-state index is 13.1. The van der Waals surface area contributed by atoms with Gasteiger partial charge in [0.2, 0.25) is 15.9 Å². The zero-order valence-electron chi connectivity index (χ0n) is 23.0. The van der Waals surface area contributed by atoms with E-state index in [2.05, 4.69) is 10.2 Å². The molecule has 1 aliphatic heterocycles. The van der Waals surface area contributed by atoms with E-state index in [-0.39, 0.29) is 5.91 Å². The summed E-state index contributed by atoms with van der Waals surface area (Å²) in [5.74, 6) is 1.17. The van der Waals surface area contributed by atoms with Crippen molar-refractivity contribution < 1.29 is 13.2 Å². The quantitative estimate of drug-likeness (QED) is 0.454. The second-order valence-corrected chi connectivity index (χ2v) is 13.9. The number of hydrogen-bond donors (Lipinski definition) is 3. The van der Waals surface area contributed by atoms with E-state index in [1.165, 1.54) is 25.7 Å². The van der Waals surface area contributed by atoms with E-state index < -0.39 is 21.7 Å². The van der Waals surface area contributed by atoms with Crippen molar-refractivity contribution in [2.45, 2.75) is 68.0 Å². The first kappa shape index (κ1) is 28.2. The Morgan fingerprint density at radius 1 is 0.949 bits per heavy atom. The molecule has 5 N–H and O–H groups in total. The minimum Gasteiger partial charge on any atom is -0.339 e. The van der Waals surface area contributed by atoms with Crippen LogP contribution in [0.25, 0.3) is 11.1 Å². The summed E-state index contributed by atoms with van der Waals surface area (Å²) in [6.45, 7) is 2.51. The highest BCUT2D eigenvalue weighted by molar-refractivity contribution is 7.89. The summed E-state index contributed by atoms with van der Waals surface area (Å²) >= 11 is 0. The van der Waals surface area contributed by atoms with Gasteiger partial charge in [-0.2, -0.15) is 4.31 Å². The Labute approximate surface area is 233 Å². The fourth-order valence-electron chi connectivity index (χ4n) is 6.60. The lowest BCUT2D eigenvalue weighted by atomic mass is 9.64.